The van der Waals surface area contributed by atoms with Crippen LogP contribution in [0.3, 0.4) is 0 Å². The number of phenols is 1. The molecule has 6 rings (SSSR count). The fourth-order valence-electron chi connectivity index (χ4n) is 5.71. The Hall–Kier alpha value is -4.58. The molecule has 5 heteroatoms. The maximum Gasteiger partial charge on any atom is 0.231 e. The molecule has 0 radical (unpaired) electrons. The van der Waals surface area contributed by atoms with Gasteiger partial charge in [0.1, 0.15) is 5.75 Å². The molecule has 0 spiro atoms. The van der Waals surface area contributed by atoms with Crippen LogP contribution in [-0.4, -0.2) is 22.8 Å². The van der Waals surface area contributed by atoms with Gasteiger partial charge in [-0.25, -0.2) is 0 Å². The minimum atomic E-state index is -0.229. The van der Waals surface area contributed by atoms with Gasteiger partial charge in [0, 0.05) is 37.3 Å². The Morgan fingerprint density at radius 1 is 0.619 bits per heavy atom. The third-order valence-electron chi connectivity index (χ3n) is 7.82. The van der Waals surface area contributed by atoms with Crippen molar-refractivity contribution in [1.82, 2.24) is 10.2 Å². The van der Waals surface area contributed by atoms with E-state index in [0.29, 0.717) is 18.0 Å². The number of hydrogen-bond acceptors (Lipinski definition) is 5. The van der Waals surface area contributed by atoms with Crippen LogP contribution in [0.15, 0.2) is 133 Å². The lowest BCUT2D eigenvalue weighted by Crippen LogP contribution is -2.45. The summed E-state index contributed by atoms with van der Waals surface area (Å²) in [6.07, 6.45) is 0.779. The maximum atomic E-state index is 11.4. The highest BCUT2D eigenvalue weighted by molar-refractivity contribution is 5.52. The molecule has 0 amide bonds. The molecule has 1 heterocycles. The molecule has 0 aliphatic carbocycles. The van der Waals surface area contributed by atoms with Crippen molar-refractivity contribution in [2.24, 2.45) is 0 Å². The summed E-state index contributed by atoms with van der Waals surface area (Å²) in [5.74, 6) is 1.43. The minimum absolute atomic E-state index is 0.0252. The van der Waals surface area contributed by atoms with Crippen molar-refractivity contribution < 1.29 is 14.6 Å². The molecule has 1 aliphatic rings. The van der Waals surface area contributed by atoms with Crippen LogP contribution in [0.5, 0.6) is 17.2 Å². The van der Waals surface area contributed by atoms with Crippen LogP contribution in [0.2, 0.25) is 0 Å². The minimum Gasteiger partial charge on any atom is -0.507 e. The summed E-state index contributed by atoms with van der Waals surface area (Å²) >= 11 is 0. The lowest BCUT2D eigenvalue weighted by Gasteiger charge is -2.39. The number of nitrogens with zero attached hydrogens (tertiary/aromatic N) is 1. The molecular formula is C37H36N2O3. The van der Waals surface area contributed by atoms with Crippen LogP contribution in [0.25, 0.3) is 0 Å². The topological polar surface area (TPSA) is 54.0 Å². The standard InChI is InChI=1S/C37H36N2O3/c40-34-23-36-35(41-27-42-36)22-32(34)37(38-24-29-15-7-2-8-16-29)33(21-28-13-5-1-6-14-28)39(25-30-17-9-3-10-18-30)26-31-19-11-4-12-20-31/h1-20,22-23,33,37-38,40H,21,24-27H2/t33-,37-/m0/s1. The molecular weight excluding hydrogens is 520 g/mol. The van der Waals surface area contributed by atoms with Crippen LogP contribution in [0.1, 0.15) is 33.9 Å². The molecule has 0 unspecified atom stereocenters. The van der Waals surface area contributed by atoms with E-state index in [1.165, 1.54) is 22.3 Å². The Bertz CT molecular complexity index is 1500. The van der Waals surface area contributed by atoms with Crippen LogP contribution in [-0.2, 0) is 26.1 Å². The first-order valence-electron chi connectivity index (χ1n) is 14.5. The number of rotatable bonds is 12. The molecule has 0 fully saturated rings. The van der Waals surface area contributed by atoms with E-state index in [2.05, 4.69) is 125 Å². The first kappa shape index (κ1) is 27.6. The largest absolute Gasteiger partial charge is 0.507 e. The molecule has 0 saturated heterocycles. The second-order valence-electron chi connectivity index (χ2n) is 10.7. The van der Waals surface area contributed by atoms with Gasteiger partial charge in [-0.3, -0.25) is 4.90 Å². The maximum absolute atomic E-state index is 11.4. The first-order valence-corrected chi connectivity index (χ1v) is 14.5. The average molecular weight is 557 g/mol. The Kier molecular flexibility index (Phi) is 8.79. The van der Waals surface area contributed by atoms with Crippen molar-refractivity contribution in [2.75, 3.05) is 6.79 Å². The van der Waals surface area contributed by atoms with E-state index in [9.17, 15) is 5.11 Å². The van der Waals surface area contributed by atoms with Crippen molar-refractivity contribution >= 4 is 0 Å². The number of fused-ring (bicyclic) bond motifs is 1. The Morgan fingerprint density at radius 3 is 1.64 bits per heavy atom. The molecule has 5 aromatic carbocycles. The SMILES string of the molecule is Oc1cc2c(cc1[C@H](NCc1ccccc1)[C@H](Cc1ccccc1)N(Cc1ccccc1)Cc1ccccc1)OCO2. The van der Waals surface area contributed by atoms with E-state index in [-0.39, 0.29) is 24.6 Å². The molecule has 5 aromatic rings. The highest BCUT2D eigenvalue weighted by Crippen LogP contribution is 2.42. The van der Waals surface area contributed by atoms with E-state index < -0.39 is 0 Å². The van der Waals surface area contributed by atoms with E-state index in [1.54, 1.807) is 6.07 Å². The van der Waals surface area contributed by atoms with Gasteiger partial charge < -0.3 is 19.9 Å². The van der Waals surface area contributed by atoms with Crippen LogP contribution in [0.4, 0.5) is 0 Å². The second-order valence-corrected chi connectivity index (χ2v) is 10.7. The number of hydrogen-bond donors (Lipinski definition) is 2. The van der Waals surface area contributed by atoms with Gasteiger partial charge in [0.2, 0.25) is 6.79 Å². The fourth-order valence-corrected chi connectivity index (χ4v) is 5.71. The molecule has 1 aliphatic heterocycles. The molecule has 0 saturated carbocycles. The third kappa shape index (κ3) is 6.82. The predicted molar refractivity (Wildman–Crippen MR) is 166 cm³/mol. The molecule has 0 bridgehead atoms. The lowest BCUT2D eigenvalue weighted by molar-refractivity contribution is 0.135. The number of benzene rings is 5. The summed E-state index contributed by atoms with van der Waals surface area (Å²) in [6, 6.07) is 45.6. The van der Waals surface area contributed by atoms with Crippen molar-refractivity contribution in [3.63, 3.8) is 0 Å². The van der Waals surface area contributed by atoms with Gasteiger partial charge in [-0.1, -0.05) is 121 Å². The van der Waals surface area contributed by atoms with Crippen molar-refractivity contribution in [3.05, 3.63) is 161 Å². The monoisotopic (exact) mass is 556 g/mol. The molecule has 0 aromatic heterocycles. The first-order chi connectivity index (χ1) is 20.7. The second kappa shape index (κ2) is 13.4. The summed E-state index contributed by atoms with van der Waals surface area (Å²) in [5.41, 5.74) is 5.69. The van der Waals surface area contributed by atoms with Gasteiger partial charge in [-0.05, 0) is 34.7 Å². The summed E-state index contributed by atoms with van der Waals surface area (Å²) in [7, 11) is 0. The molecule has 2 atom stereocenters. The quantitative estimate of drug-likeness (QED) is 0.169. The number of aromatic hydroxyl groups is 1. The zero-order valence-corrected chi connectivity index (χ0v) is 23.6. The van der Waals surface area contributed by atoms with Crippen LogP contribution >= 0.6 is 0 Å². The molecule has 2 N–H and O–H groups in total. The van der Waals surface area contributed by atoms with Crippen molar-refractivity contribution in [1.29, 1.82) is 0 Å². The summed E-state index contributed by atoms with van der Waals surface area (Å²) < 4.78 is 11.4. The smallest absolute Gasteiger partial charge is 0.231 e. The van der Waals surface area contributed by atoms with Gasteiger partial charge in [0.05, 0.1) is 6.04 Å². The summed E-state index contributed by atoms with van der Waals surface area (Å²) in [4.78, 5) is 2.53. The Morgan fingerprint density at radius 2 is 1.10 bits per heavy atom. The van der Waals surface area contributed by atoms with Crippen molar-refractivity contribution in [3.8, 4) is 17.2 Å². The molecule has 42 heavy (non-hydrogen) atoms. The third-order valence-corrected chi connectivity index (χ3v) is 7.82. The highest BCUT2D eigenvalue weighted by Gasteiger charge is 2.33. The summed E-state index contributed by atoms with van der Waals surface area (Å²) in [6.45, 7) is 2.31. The average Bonchev–Trinajstić information content (AvgIpc) is 3.49. The highest BCUT2D eigenvalue weighted by atomic mass is 16.7. The number of ether oxygens (including phenoxy) is 2. The van der Waals surface area contributed by atoms with E-state index in [0.717, 1.165) is 25.1 Å². The van der Waals surface area contributed by atoms with Gasteiger partial charge in [-0.15, -0.1) is 0 Å². The van der Waals surface area contributed by atoms with Gasteiger partial charge in [0.15, 0.2) is 11.5 Å². The molecule has 5 nitrogen and oxygen atoms in total. The lowest BCUT2D eigenvalue weighted by atomic mass is 9.90. The van der Waals surface area contributed by atoms with Gasteiger partial charge in [0.25, 0.3) is 0 Å². The normalized spacial score (nSPS) is 13.6. The predicted octanol–water partition coefficient (Wildman–Crippen LogP) is 7.27. The fraction of sp³-hybridized carbons (Fsp3) is 0.189. The summed E-state index contributed by atoms with van der Waals surface area (Å²) in [5, 5.41) is 15.3. The van der Waals surface area contributed by atoms with E-state index in [4.69, 9.17) is 9.47 Å². The Labute approximate surface area is 248 Å². The van der Waals surface area contributed by atoms with Gasteiger partial charge in [-0.2, -0.15) is 0 Å². The zero-order chi connectivity index (χ0) is 28.6. The van der Waals surface area contributed by atoms with E-state index >= 15 is 0 Å². The van der Waals surface area contributed by atoms with E-state index in [1.807, 2.05) is 12.1 Å². The van der Waals surface area contributed by atoms with Crippen molar-refractivity contribution in [2.45, 2.75) is 38.1 Å². The molecule has 212 valence electrons. The zero-order valence-electron chi connectivity index (χ0n) is 23.6. The number of nitrogens with one attached hydrogen (secondary N) is 1. The van der Waals surface area contributed by atoms with Crippen LogP contribution < -0.4 is 14.8 Å². The number of phenolic OH excluding ortho intramolecular Hbond substituents is 1. The van der Waals surface area contributed by atoms with Gasteiger partial charge >= 0.3 is 0 Å². The van der Waals surface area contributed by atoms with Crippen LogP contribution in [0, 0.1) is 0 Å². The Balaban J connectivity index is 1.45.